The SMILES string of the molecule is CN=C(NCC1Cc2ccccc2O1)N1CCCC(CC(N)=O)C1. The first-order valence-electron chi connectivity index (χ1n) is 8.64. The van der Waals surface area contributed by atoms with E-state index in [1.807, 2.05) is 18.2 Å². The number of nitrogens with two attached hydrogens (primary N) is 1. The first kappa shape index (κ1) is 16.6. The summed E-state index contributed by atoms with van der Waals surface area (Å²) in [5.74, 6) is 1.96. The highest BCUT2D eigenvalue weighted by Crippen LogP contribution is 2.27. The molecule has 0 aliphatic carbocycles. The lowest BCUT2D eigenvalue weighted by Crippen LogP contribution is -2.49. The van der Waals surface area contributed by atoms with Gasteiger partial charge in [0.2, 0.25) is 5.91 Å². The number of likely N-dealkylation sites (tertiary alicyclic amines) is 1. The van der Waals surface area contributed by atoms with Gasteiger partial charge in [-0.3, -0.25) is 9.79 Å². The van der Waals surface area contributed by atoms with Gasteiger partial charge in [-0.15, -0.1) is 0 Å². The molecule has 3 N–H and O–H groups in total. The maximum Gasteiger partial charge on any atom is 0.217 e. The average molecular weight is 330 g/mol. The molecule has 6 nitrogen and oxygen atoms in total. The molecule has 1 saturated heterocycles. The highest BCUT2D eigenvalue weighted by molar-refractivity contribution is 5.80. The number of primary amides is 1. The quantitative estimate of drug-likeness (QED) is 0.641. The minimum absolute atomic E-state index is 0.130. The van der Waals surface area contributed by atoms with Gasteiger partial charge in [0, 0.05) is 33.0 Å². The molecule has 2 aliphatic heterocycles. The molecule has 1 aromatic carbocycles. The number of hydrogen-bond donors (Lipinski definition) is 2. The second kappa shape index (κ2) is 7.55. The van der Waals surface area contributed by atoms with E-state index in [9.17, 15) is 4.79 Å². The molecule has 2 atom stereocenters. The number of aliphatic imine (C=N–C) groups is 1. The molecule has 0 aromatic heterocycles. The zero-order chi connectivity index (χ0) is 16.9. The Kier molecular flexibility index (Phi) is 5.23. The molecule has 0 bridgehead atoms. The zero-order valence-electron chi connectivity index (χ0n) is 14.2. The van der Waals surface area contributed by atoms with Crippen LogP contribution in [0, 0.1) is 5.92 Å². The number of piperidine rings is 1. The fourth-order valence-corrected chi connectivity index (χ4v) is 3.61. The van der Waals surface area contributed by atoms with E-state index in [1.54, 1.807) is 7.05 Å². The highest BCUT2D eigenvalue weighted by atomic mass is 16.5. The van der Waals surface area contributed by atoms with Gasteiger partial charge in [-0.2, -0.15) is 0 Å². The second-order valence-electron chi connectivity index (χ2n) is 6.60. The van der Waals surface area contributed by atoms with E-state index in [4.69, 9.17) is 10.5 Å². The van der Waals surface area contributed by atoms with Gasteiger partial charge in [0.05, 0.1) is 6.54 Å². The molecule has 2 aliphatic rings. The number of nitrogens with zero attached hydrogens (tertiary/aromatic N) is 2. The lowest BCUT2D eigenvalue weighted by molar-refractivity contribution is -0.119. The number of amides is 1. The van der Waals surface area contributed by atoms with Crippen molar-refractivity contribution < 1.29 is 9.53 Å². The number of benzene rings is 1. The van der Waals surface area contributed by atoms with Crippen molar-refractivity contribution in [1.29, 1.82) is 0 Å². The predicted octanol–water partition coefficient (Wildman–Crippen LogP) is 1.15. The fraction of sp³-hybridized carbons (Fsp3) is 0.556. The van der Waals surface area contributed by atoms with Crippen molar-refractivity contribution in [2.75, 3.05) is 26.7 Å². The number of para-hydroxylation sites is 1. The van der Waals surface area contributed by atoms with E-state index in [-0.39, 0.29) is 12.0 Å². The molecule has 0 spiro atoms. The third-order valence-electron chi connectivity index (χ3n) is 4.72. The Hall–Kier alpha value is -2.24. The van der Waals surface area contributed by atoms with Crippen LogP contribution in [0.1, 0.15) is 24.8 Å². The van der Waals surface area contributed by atoms with Crippen LogP contribution < -0.4 is 15.8 Å². The zero-order valence-corrected chi connectivity index (χ0v) is 14.2. The topological polar surface area (TPSA) is 80.0 Å². The average Bonchev–Trinajstić information content (AvgIpc) is 2.98. The number of guanidine groups is 1. The molecule has 0 radical (unpaired) electrons. The van der Waals surface area contributed by atoms with Crippen LogP contribution in [0.4, 0.5) is 0 Å². The van der Waals surface area contributed by atoms with Gasteiger partial charge >= 0.3 is 0 Å². The van der Waals surface area contributed by atoms with Gasteiger partial charge in [0.25, 0.3) is 0 Å². The first-order chi connectivity index (χ1) is 11.7. The van der Waals surface area contributed by atoms with Gasteiger partial charge in [-0.25, -0.2) is 0 Å². The second-order valence-corrected chi connectivity index (χ2v) is 6.60. The number of rotatable bonds is 4. The third-order valence-corrected chi connectivity index (χ3v) is 4.72. The Morgan fingerprint density at radius 2 is 2.29 bits per heavy atom. The summed E-state index contributed by atoms with van der Waals surface area (Å²) in [5, 5.41) is 3.42. The predicted molar refractivity (Wildman–Crippen MR) is 94.0 cm³/mol. The number of nitrogens with one attached hydrogen (secondary N) is 1. The van der Waals surface area contributed by atoms with E-state index in [2.05, 4.69) is 21.3 Å². The van der Waals surface area contributed by atoms with Crippen LogP contribution in [-0.2, 0) is 11.2 Å². The molecule has 1 aromatic rings. The Labute approximate surface area is 143 Å². The summed E-state index contributed by atoms with van der Waals surface area (Å²) in [6.07, 6.45) is 3.62. The van der Waals surface area contributed by atoms with Gasteiger partial charge in [-0.05, 0) is 30.4 Å². The Morgan fingerprint density at radius 1 is 1.46 bits per heavy atom. The first-order valence-corrected chi connectivity index (χ1v) is 8.64. The summed E-state index contributed by atoms with van der Waals surface area (Å²) in [6.45, 7) is 2.51. The van der Waals surface area contributed by atoms with Crippen LogP contribution >= 0.6 is 0 Å². The maximum atomic E-state index is 11.2. The Morgan fingerprint density at radius 3 is 3.04 bits per heavy atom. The summed E-state index contributed by atoms with van der Waals surface area (Å²) in [7, 11) is 1.80. The molecule has 2 heterocycles. The molecular weight excluding hydrogens is 304 g/mol. The number of hydrogen-bond acceptors (Lipinski definition) is 3. The lowest BCUT2D eigenvalue weighted by Gasteiger charge is -2.34. The molecule has 2 unspecified atom stereocenters. The molecule has 130 valence electrons. The minimum Gasteiger partial charge on any atom is -0.488 e. The summed E-state index contributed by atoms with van der Waals surface area (Å²) in [6, 6.07) is 8.18. The monoisotopic (exact) mass is 330 g/mol. The van der Waals surface area contributed by atoms with Gasteiger partial charge < -0.3 is 20.7 Å². The van der Waals surface area contributed by atoms with Crippen molar-refractivity contribution in [3.05, 3.63) is 29.8 Å². The Bertz CT molecular complexity index is 592. The van der Waals surface area contributed by atoms with Crippen LogP contribution in [-0.4, -0.2) is 49.6 Å². The van der Waals surface area contributed by atoms with E-state index in [1.165, 1.54) is 5.56 Å². The van der Waals surface area contributed by atoms with Gasteiger partial charge in [0.1, 0.15) is 11.9 Å². The van der Waals surface area contributed by atoms with Crippen molar-refractivity contribution >= 4 is 11.9 Å². The van der Waals surface area contributed by atoms with Crippen molar-refractivity contribution in [2.24, 2.45) is 16.6 Å². The summed E-state index contributed by atoms with van der Waals surface area (Å²) < 4.78 is 5.97. The Balaban J connectivity index is 1.51. The van der Waals surface area contributed by atoms with E-state index < -0.39 is 0 Å². The normalized spacial score (nSPS) is 23.5. The summed E-state index contributed by atoms with van der Waals surface area (Å²) >= 11 is 0. The highest BCUT2D eigenvalue weighted by Gasteiger charge is 2.26. The summed E-state index contributed by atoms with van der Waals surface area (Å²) in [4.78, 5) is 17.8. The largest absolute Gasteiger partial charge is 0.488 e. The van der Waals surface area contributed by atoms with Crippen molar-refractivity contribution in [1.82, 2.24) is 10.2 Å². The van der Waals surface area contributed by atoms with E-state index in [0.717, 1.165) is 50.6 Å². The molecule has 1 amide bonds. The van der Waals surface area contributed by atoms with Crippen LogP contribution in [0.15, 0.2) is 29.3 Å². The smallest absolute Gasteiger partial charge is 0.217 e. The molecule has 24 heavy (non-hydrogen) atoms. The van der Waals surface area contributed by atoms with Crippen molar-refractivity contribution in [2.45, 2.75) is 31.8 Å². The molecule has 6 heteroatoms. The van der Waals surface area contributed by atoms with Gasteiger partial charge in [0.15, 0.2) is 5.96 Å². The lowest BCUT2D eigenvalue weighted by atomic mass is 9.95. The van der Waals surface area contributed by atoms with Crippen LogP contribution in [0.5, 0.6) is 5.75 Å². The van der Waals surface area contributed by atoms with Crippen LogP contribution in [0.2, 0.25) is 0 Å². The van der Waals surface area contributed by atoms with E-state index in [0.29, 0.717) is 12.3 Å². The number of carbonyl (C=O) groups excluding carboxylic acids is 1. The number of fused-ring (bicyclic) bond motifs is 1. The fourth-order valence-electron chi connectivity index (χ4n) is 3.61. The number of ether oxygens (including phenoxy) is 1. The van der Waals surface area contributed by atoms with E-state index >= 15 is 0 Å². The molecule has 3 rings (SSSR count). The molecular formula is C18H26N4O2. The van der Waals surface area contributed by atoms with Crippen LogP contribution in [0.25, 0.3) is 0 Å². The standard InChI is InChI=1S/C18H26N4O2/c1-20-18(22-8-4-5-13(12-22)9-17(19)23)21-11-15-10-14-6-2-3-7-16(14)24-15/h2-3,6-7,13,15H,4-5,8-12H2,1H3,(H2,19,23)(H,20,21). The maximum absolute atomic E-state index is 11.2. The minimum atomic E-state index is -0.220. The summed E-state index contributed by atoms with van der Waals surface area (Å²) in [5.41, 5.74) is 6.60. The third kappa shape index (κ3) is 3.99. The number of carbonyl (C=O) groups is 1. The molecule has 1 fully saturated rings. The molecule has 0 saturated carbocycles. The van der Waals surface area contributed by atoms with Gasteiger partial charge in [-0.1, -0.05) is 18.2 Å². The van der Waals surface area contributed by atoms with Crippen molar-refractivity contribution in [3.8, 4) is 5.75 Å². The van der Waals surface area contributed by atoms with Crippen molar-refractivity contribution in [3.63, 3.8) is 0 Å². The van der Waals surface area contributed by atoms with Crippen LogP contribution in [0.3, 0.4) is 0 Å².